The van der Waals surface area contributed by atoms with E-state index in [-0.39, 0.29) is 5.91 Å². The number of carbonyl (C=O) groups excluding carboxylic acids is 1. The van der Waals surface area contributed by atoms with Crippen LogP contribution in [0.5, 0.6) is 0 Å². The van der Waals surface area contributed by atoms with Gasteiger partial charge in [-0.3, -0.25) is 4.79 Å². The number of anilines is 1. The van der Waals surface area contributed by atoms with Gasteiger partial charge in [-0.15, -0.1) is 0 Å². The number of rotatable bonds is 6. The number of nitrogens with zero attached hydrogens (tertiary/aromatic N) is 2. The normalized spacial score (nSPS) is 13.2. The minimum absolute atomic E-state index is 0.130. The average Bonchev–Trinajstić information content (AvgIpc) is 3.07. The SMILES string of the molecule is NCc1cccc(C2CCN(C(=O)c3cccc(CCc4ccc(N)nc4)c3)CC2)c1.O=C(O)C(F)(F)F.O=C(O)C(F)(F)F.O=C(O)C(F)(F)F. The number of piperidine rings is 1. The summed E-state index contributed by atoms with van der Waals surface area (Å²) in [5, 5.41) is 21.4. The number of likely N-dealkylation sites (tertiary alicyclic amines) is 1. The van der Waals surface area contributed by atoms with Gasteiger partial charge in [-0.1, -0.05) is 42.5 Å². The summed E-state index contributed by atoms with van der Waals surface area (Å²) in [5.41, 5.74) is 17.0. The van der Waals surface area contributed by atoms with Gasteiger partial charge in [0.2, 0.25) is 0 Å². The first-order valence-corrected chi connectivity index (χ1v) is 14.7. The molecule has 286 valence electrons. The van der Waals surface area contributed by atoms with Crippen molar-refractivity contribution in [1.82, 2.24) is 9.88 Å². The van der Waals surface area contributed by atoms with Gasteiger partial charge < -0.3 is 31.7 Å². The summed E-state index contributed by atoms with van der Waals surface area (Å²) in [6.45, 7) is 2.14. The molecule has 11 nitrogen and oxygen atoms in total. The molecule has 0 aliphatic carbocycles. The van der Waals surface area contributed by atoms with Crippen LogP contribution in [0.15, 0.2) is 66.9 Å². The zero-order chi connectivity index (χ0) is 39.9. The lowest BCUT2D eigenvalue weighted by Crippen LogP contribution is -2.38. The summed E-state index contributed by atoms with van der Waals surface area (Å²) in [6.07, 6.45) is -9.71. The Kier molecular flexibility index (Phi) is 17.0. The summed E-state index contributed by atoms with van der Waals surface area (Å²) in [5.74, 6) is -7.11. The molecule has 20 heteroatoms. The van der Waals surface area contributed by atoms with Crippen molar-refractivity contribution in [2.75, 3.05) is 18.8 Å². The van der Waals surface area contributed by atoms with Crippen LogP contribution in [0.25, 0.3) is 0 Å². The lowest BCUT2D eigenvalue weighted by Gasteiger charge is -2.32. The molecule has 0 saturated carbocycles. The number of carboxylic acids is 3. The first-order chi connectivity index (χ1) is 23.9. The maximum absolute atomic E-state index is 13.1. The fourth-order valence-corrected chi connectivity index (χ4v) is 4.30. The predicted octanol–water partition coefficient (Wildman–Crippen LogP) is 5.83. The van der Waals surface area contributed by atoms with Crippen LogP contribution in [0, 0.1) is 0 Å². The third-order valence-corrected chi connectivity index (χ3v) is 6.89. The molecule has 1 saturated heterocycles. The van der Waals surface area contributed by atoms with Crippen LogP contribution in [0.3, 0.4) is 0 Å². The smallest absolute Gasteiger partial charge is 0.475 e. The van der Waals surface area contributed by atoms with E-state index in [1.807, 2.05) is 41.4 Å². The summed E-state index contributed by atoms with van der Waals surface area (Å²) >= 11 is 0. The second-order valence-corrected chi connectivity index (χ2v) is 10.7. The highest BCUT2D eigenvalue weighted by molar-refractivity contribution is 5.94. The zero-order valence-electron chi connectivity index (χ0n) is 26.8. The van der Waals surface area contributed by atoms with Crippen molar-refractivity contribution in [2.45, 2.75) is 56.7 Å². The third-order valence-electron chi connectivity index (χ3n) is 6.89. The number of pyridine rings is 1. The number of benzene rings is 2. The lowest BCUT2D eigenvalue weighted by molar-refractivity contribution is -0.193. The van der Waals surface area contributed by atoms with Gasteiger partial charge in [0.05, 0.1) is 0 Å². The Morgan fingerprint density at radius 1 is 0.692 bits per heavy atom. The molecule has 52 heavy (non-hydrogen) atoms. The van der Waals surface area contributed by atoms with Gasteiger partial charge in [0.15, 0.2) is 0 Å². The molecular formula is C32H33F9N4O7. The monoisotopic (exact) mass is 756 g/mol. The van der Waals surface area contributed by atoms with E-state index in [9.17, 15) is 44.3 Å². The molecule has 0 spiro atoms. The van der Waals surface area contributed by atoms with Crippen molar-refractivity contribution < 1.29 is 74.0 Å². The highest BCUT2D eigenvalue weighted by Crippen LogP contribution is 2.29. The first-order valence-electron chi connectivity index (χ1n) is 14.7. The number of aryl methyl sites for hydroxylation is 2. The van der Waals surface area contributed by atoms with E-state index in [1.165, 1.54) is 11.1 Å². The molecule has 2 aromatic carbocycles. The van der Waals surface area contributed by atoms with Crippen LogP contribution >= 0.6 is 0 Å². The van der Waals surface area contributed by atoms with E-state index in [0.717, 1.165) is 55.5 Å². The number of nitrogens with two attached hydrogens (primary N) is 2. The van der Waals surface area contributed by atoms with E-state index in [4.69, 9.17) is 41.2 Å². The van der Waals surface area contributed by atoms with E-state index < -0.39 is 36.4 Å². The highest BCUT2D eigenvalue weighted by Gasteiger charge is 2.39. The van der Waals surface area contributed by atoms with Crippen LogP contribution in [0.2, 0.25) is 0 Å². The average molecular weight is 757 g/mol. The molecule has 1 aliphatic rings. The summed E-state index contributed by atoms with van der Waals surface area (Å²) in [4.78, 5) is 45.9. The van der Waals surface area contributed by atoms with Crippen molar-refractivity contribution in [1.29, 1.82) is 0 Å². The molecule has 1 aliphatic heterocycles. The molecule has 0 atom stereocenters. The zero-order valence-corrected chi connectivity index (χ0v) is 26.8. The van der Waals surface area contributed by atoms with Crippen molar-refractivity contribution >= 4 is 29.6 Å². The van der Waals surface area contributed by atoms with E-state index >= 15 is 0 Å². The van der Waals surface area contributed by atoms with E-state index in [1.54, 1.807) is 0 Å². The number of nitrogen functional groups attached to an aromatic ring is 1. The molecule has 0 unspecified atom stereocenters. The topological polar surface area (TPSA) is 197 Å². The van der Waals surface area contributed by atoms with Crippen LogP contribution in [-0.4, -0.2) is 80.6 Å². The number of carboxylic acid groups (broad SMARTS) is 3. The Labute approximate surface area is 289 Å². The number of carbonyl (C=O) groups is 4. The summed E-state index contributed by atoms with van der Waals surface area (Å²) in [7, 11) is 0. The van der Waals surface area contributed by atoms with Gasteiger partial charge in [-0.05, 0) is 72.1 Å². The molecular weight excluding hydrogens is 723 g/mol. The van der Waals surface area contributed by atoms with Crippen LogP contribution < -0.4 is 11.5 Å². The number of amides is 1. The van der Waals surface area contributed by atoms with Crippen molar-refractivity contribution in [3.8, 4) is 0 Å². The number of alkyl halides is 9. The molecule has 1 fully saturated rings. The standard InChI is InChI=1S/C26H30N4O.3C2HF3O2/c27-17-21-4-2-5-23(16-21)22-11-13-30(14-12-22)26(31)24-6-1-3-19(15-24)7-8-20-9-10-25(28)29-18-20;3*3-2(4,5)1(6)7/h1-6,9-10,15-16,18,22H,7-8,11-14,17,27H2,(H2,28,29);3*(H,6,7). The minimum atomic E-state index is -5.08. The quantitative estimate of drug-likeness (QED) is 0.191. The largest absolute Gasteiger partial charge is 0.490 e. The summed E-state index contributed by atoms with van der Waals surface area (Å²) in [6, 6.07) is 20.4. The van der Waals surface area contributed by atoms with Gasteiger partial charge in [-0.2, -0.15) is 39.5 Å². The molecule has 0 bridgehead atoms. The van der Waals surface area contributed by atoms with Gasteiger partial charge in [0, 0.05) is 31.4 Å². The van der Waals surface area contributed by atoms with Gasteiger partial charge >= 0.3 is 36.4 Å². The maximum Gasteiger partial charge on any atom is 0.490 e. The Bertz CT molecular complexity index is 1570. The second-order valence-electron chi connectivity index (χ2n) is 10.7. The summed E-state index contributed by atoms with van der Waals surface area (Å²) < 4.78 is 95.2. The van der Waals surface area contributed by atoms with Gasteiger partial charge in [0.25, 0.3) is 5.91 Å². The molecule has 7 N–H and O–H groups in total. The highest BCUT2D eigenvalue weighted by atomic mass is 19.4. The van der Waals surface area contributed by atoms with Crippen LogP contribution in [0.4, 0.5) is 45.3 Å². The molecule has 4 rings (SSSR count). The van der Waals surface area contributed by atoms with Gasteiger partial charge in [0.1, 0.15) is 5.82 Å². The number of halogens is 9. The maximum atomic E-state index is 13.1. The van der Waals surface area contributed by atoms with E-state index in [2.05, 4.69) is 35.3 Å². The fourth-order valence-electron chi connectivity index (χ4n) is 4.30. The Morgan fingerprint density at radius 2 is 1.15 bits per heavy atom. The molecule has 1 aromatic heterocycles. The van der Waals surface area contributed by atoms with Crippen LogP contribution in [0.1, 0.15) is 51.4 Å². The number of hydrogen-bond donors (Lipinski definition) is 5. The lowest BCUT2D eigenvalue weighted by atomic mass is 9.88. The second kappa shape index (κ2) is 19.8. The Balaban J connectivity index is 0.000000525. The minimum Gasteiger partial charge on any atom is -0.475 e. The molecule has 3 aromatic rings. The van der Waals surface area contributed by atoms with Crippen molar-refractivity contribution in [3.63, 3.8) is 0 Å². The van der Waals surface area contributed by atoms with Crippen LogP contribution in [-0.2, 0) is 33.8 Å². The van der Waals surface area contributed by atoms with Gasteiger partial charge in [-0.25, -0.2) is 19.4 Å². The number of hydrogen-bond acceptors (Lipinski definition) is 7. The Hall–Kier alpha value is -5.40. The predicted molar refractivity (Wildman–Crippen MR) is 166 cm³/mol. The Morgan fingerprint density at radius 3 is 1.60 bits per heavy atom. The van der Waals surface area contributed by atoms with E-state index in [0.29, 0.717) is 18.3 Å². The third kappa shape index (κ3) is 16.5. The molecule has 2 heterocycles. The van der Waals surface area contributed by atoms with Crippen molar-refractivity contribution in [3.05, 3.63) is 94.7 Å². The first kappa shape index (κ1) is 44.6. The number of aliphatic carboxylic acids is 3. The molecule has 0 radical (unpaired) electrons. The fraction of sp³-hybridized carbons (Fsp3) is 0.344. The molecule has 1 amide bonds. The number of aromatic nitrogens is 1. The van der Waals surface area contributed by atoms with Crippen molar-refractivity contribution in [2.24, 2.45) is 5.73 Å².